The van der Waals surface area contributed by atoms with Gasteiger partial charge in [0.15, 0.2) is 0 Å². The Morgan fingerprint density at radius 2 is 1.61 bits per heavy atom. The van der Waals surface area contributed by atoms with Gasteiger partial charge in [-0.05, 0) is 36.0 Å². The van der Waals surface area contributed by atoms with Gasteiger partial charge in [-0.15, -0.1) is 0 Å². The van der Waals surface area contributed by atoms with Crippen molar-refractivity contribution in [3.05, 3.63) is 71.3 Å². The van der Waals surface area contributed by atoms with Crippen molar-refractivity contribution in [1.82, 2.24) is 5.32 Å². The zero-order valence-electron chi connectivity index (χ0n) is 15.8. The minimum absolute atomic E-state index is 0.116. The molecule has 0 bridgehead atoms. The monoisotopic (exact) mass is 450 g/mol. The first kappa shape index (κ1) is 20.7. The van der Waals surface area contributed by atoms with Gasteiger partial charge in [0.1, 0.15) is 27.2 Å². The van der Waals surface area contributed by atoms with Gasteiger partial charge >= 0.3 is 0 Å². The number of para-hydroxylation sites is 2. The van der Waals surface area contributed by atoms with Crippen LogP contribution < -0.4 is 15.5 Å². The molecule has 2 aromatic rings. The Labute approximate surface area is 185 Å². The van der Waals surface area contributed by atoms with Crippen LogP contribution in [0, 0.1) is 11.3 Å². The maximum Gasteiger partial charge on any atom is 0.286 e. The number of nitrogens with zero attached hydrogens (tertiary/aromatic N) is 2. The molecule has 0 radical (unpaired) electrons. The van der Waals surface area contributed by atoms with Gasteiger partial charge < -0.3 is 5.32 Å². The normalized spacial score (nSPS) is 22.2. The molecule has 0 aromatic heterocycles. The molecule has 2 aromatic carbocycles. The van der Waals surface area contributed by atoms with Gasteiger partial charge in [0.25, 0.3) is 11.1 Å². The summed E-state index contributed by atoms with van der Waals surface area (Å²) < 4.78 is 0. The molecule has 2 atom stereocenters. The Kier molecular flexibility index (Phi) is 5.79. The van der Waals surface area contributed by atoms with Crippen LogP contribution in [0.5, 0.6) is 0 Å². The predicted molar refractivity (Wildman–Crippen MR) is 118 cm³/mol. The van der Waals surface area contributed by atoms with Crippen molar-refractivity contribution in [3.8, 4) is 6.07 Å². The smallest absolute Gasteiger partial charge is 0.286 e. The van der Waals surface area contributed by atoms with Crippen LogP contribution in [0.1, 0.15) is 0 Å². The maximum absolute atomic E-state index is 13.3. The highest BCUT2D eigenvalue weighted by atomic mass is 32.2. The SMILES string of the molecule is N#C/C(C(=O)Nc1ccccc1)=C1/S[C@H]([C@H]2SC(=O)NC2=O)C(=O)N1c1ccccc1. The van der Waals surface area contributed by atoms with E-state index in [4.69, 9.17) is 0 Å². The zero-order valence-corrected chi connectivity index (χ0v) is 17.4. The van der Waals surface area contributed by atoms with Crippen molar-refractivity contribution >= 4 is 57.9 Å². The van der Waals surface area contributed by atoms with E-state index in [-0.39, 0.29) is 10.6 Å². The fraction of sp³-hybridized carbons (Fsp3) is 0.0952. The molecule has 2 aliphatic rings. The highest BCUT2D eigenvalue weighted by Gasteiger charge is 2.50. The van der Waals surface area contributed by atoms with Crippen molar-refractivity contribution in [2.24, 2.45) is 0 Å². The molecule has 4 rings (SSSR count). The summed E-state index contributed by atoms with van der Waals surface area (Å²) in [5, 5.41) is 12.3. The lowest BCUT2D eigenvalue weighted by Gasteiger charge is -2.18. The number of hydrogen-bond donors (Lipinski definition) is 2. The van der Waals surface area contributed by atoms with E-state index in [1.54, 1.807) is 60.7 Å². The lowest BCUT2D eigenvalue weighted by molar-refractivity contribution is -0.122. The second-order valence-corrected chi connectivity index (χ2v) is 8.72. The standard InChI is InChI=1S/C21H14N4O4S2/c22-11-14(17(26)23-12-7-3-1-4-8-12)20-25(13-9-5-2-6-10-13)19(28)16(30-20)15-18(27)24-21(29)31-15/h1-10,15-16H,(H,23,26)(H,24,27,29)/b20-14-/t15-,16-/m1/s1. The van der Waals surface area contributed by atoms with Crippen LogP contribution in [0.3, 0.4) is 0 Å². The molecular weight excluding hydrogens is 436 g/mol. The van der Waals surface area contributed by atoms with Crippen molar-refractivity contribution in [2.75, 3.05) is 10.2 Å². The minimum Gasteiger partial charge on any atom is -0.321 e. The van der Waals surface area contributed by atoms with Crippen LogP contribution in [0.2, 0.25) is 0 Å². The van der Waals surface area contributed by atoms with Crippen LogP contribution >= 0.6 is 23.5 Å². The zero-order chi connectivity index (χ0) is 22.0. The van der Waals surface area contributed by atoms with Crippen LogP contribution in [0.15, 0.2) is 71.3 Å². The van der Waals surface area contributed by atoms with Gasteiger partial charge in [-0.1, -0.05) is 48.2 Å². The van der Waals surface area contributed by atoms with E-state index in [0.29, 0.717) is 11.4 Å². The molecular formula is C21H14N4O4S2. The van der Waals surface area contributed by atoms with E-state index in [1.165, 1.54) is 4.90 Å². The second kappa shape index (κ2) is 8.67. The molecule has 0 saturated carbocycles. The molecule has 31 heavy (non-hydrogen) atoms. The number of amides is 4. The van der Waals surface area contributed by atoms with Gasteiger partial charge in [-0.2, -0.15) is 5.26 Å². The number of carbonyl (C=O) groups excluding carboxylic acids is 4. The molecule has 2 saturated heterocycles. The molecule has 2 fully saturated rings. The molecule has 2 N–H and O–H groups in total. The number of nitrogens with one attached hydrogen (secondary N) is 2. The van der Waals surface area contributed by atoms with Crippen molar-refractivity contribution in [3.63, 3.8) is 0 Å². The van der Waals surface area contributed by atoms with Gasteiger partial charge in [0.2, 0.25) is 11.8 Å². The van der Waals surface area contributed by atoms with E-state index in [9.17, 15) is 24.4 Å². The topological polar surface area (TPSA) is 119 Å². The number of hydrogen-bond acceptors (Lipinski definition) is 7. The summed E-state index contributed by atoms with van der Waals surface area (Å²) >= 11 is 1.67. The van der Waals surface area contributed by atoms with E-state index in [2.05, 4.69) is 10.6 Å². The van der Waals surface area contributed by atoms with E-state index >= 15 is 0 Å². The first-order chi connectivity index (χ1) is 15.0. The fourth-order valence-corrected chi connectivity index (χ4v) is 5.49. The average molecular weight is 451 g/mol. The summed E-state index contributed by atoms with van der Waals surface area (Å²) in [4.78, 5) is 51.2. The number of benzene rings is 2. The van der Waals surface area contributed by atoms with Gasteiger partial charge in [0.05, 0.1) is 0 Å². The van der Waals surface area contributed by atoms with Gasteiger partial charge in [0, 0.05) is 11.4 Å². The number of nitriles is 1. The third-order valence-electron chi connectivity index (χ3n) is 4.50. The Morgan fingerprint density at radius 3 is 2.19 bits per heavy atom. The van der Waals surface area contributed by atoms with Crippen molar-refractivity contribution in [1.29, 1.82) is 5.26 Å². The summed E-state index contributed by atoms with van der Waals surface area (Å²) in [5.74, 6) is -1.72. The van der Waals surface area contributed by atoms with E-state index < -0.39 is 33.5 Å². The summed E-state index contributed by atoms with van der Waals surface area (Å²) in [6.45, 7) is 0. The average Bonchev–Trinajstić information content (AvgIpc) is 3.28. The molecule has 4 amide bonds. The molecule has 2 heterocycles. The molecule has 2 aliphatic heterocycles. The largest absolute Gasteiger partial charge is 0.321 e. The van der Waals surface area contributed by atoms with E-state index in [1.807, 2.05) is 6.07 Å². The van der Waals surface area contributed by atoms with E-state index in [0.717, 1.165) is 23.5 Å². The minimum atomic E-state index is -0.959. The highest BCUT2D eigenvalue weighted by Crippen LogP contribution is 2.45. The lowest BCUT2D eigenvalue weighted by atomic mass is 10.2. The van der Waals surface area contributed by atoms with Crippen LogP contribution in [-0.4, -0.2) is 33.5 Å². The summed E-state index contributed by atoms with van der Waals surface area (Å²) in [6, 6.07) is 19.0. The highest BCUT2D eigenvalue weighted by molar-refractivity contribution is 8.16. The van der Waals surface area contributed by atoms with Crippen LogP contribution in [-0.2, 0) is 14.4 Å². The second-order valence-electron chi connectivity index (χ2n) is 6.47. The third kappa shape index (κ3) is 4.05. The summed E-state index contributed by atoms with van der Waals surface area (Å²) in [6.07, 6.45) is 0. The van der Waals surface area contributed by atoms with Crippen LogP contribution in [0.25, 0.3) is 0 Å². The number of imide groups is 1. The maximum atomic E-state index is 13.3. The molecule has 0 spiro atoms. The summed E-state index contributed by atoms with van der Waals surface area (Å²) in [5.41, 5.74) is 0.685. The molecule has 8 nitrogen and oxygen atoms in total. The Hall–Kier alpha value is -3.55. The molecule has 10 heteroatoms. The number of thioether (sulfide) groups is 2. The first-order valence-electron chi connectivity index (χ1n) is 9.07. The molecule has 0 aliphatic carbocycles. The molecule has 154 valence electrons. The third-order valence-corrected chi connectivity index (χ3v) is 7.06. The first-order valence-corrected chi connectivity index (χ1v) is 10.8. The predicted octanol–water partition coefficient (Wildman–Crippen LogP) is 2.86. The number of carbonyl (C=O) groups is 4. The Balaban J connectivity index is 1.75. The van der Waals surface area contributed by atoms with Crippen molar-refractivity contribution in [2.45, 2.75) is 10.5 Å². The van der Waals surface area contributed by atoms with Gasteiger partial charge in [-0.3, -0.25) is 29.4 Å². The quantitative estimate of drug-likeness (QED) is 0.543. The Morgan fingerprint density at radius 1 is 0.968 bits per heavy atom. The lowest BCUT2D eigenvalue weighted by Crippen LogP contribution is -2.38. The molecule has 0 unspecified atom stereocenters. The fourth-order valence-electron chi connectivity index (χ4n) is 3.11. The number of anilines is 2. The van der Waals surface area contributed by atoms with Crippen LogP contribution in [0.4, 0.5) is 16.2 Å². The summed E-state index contributed by atoms with van der Waals surface area (Å²) in [7, 11) is 0. The number of rotatable bonds is 4. The Bertz CT molecular complexity index is 1140. The van der Waals surface area contributed by atoms with Crippen molar-refractivity contribution < 1.29 is 19.2 Å². The van der Waals surface area contributed by atoms with Gasteiger partial charge in [-0.25, -0.2) is 0 Å².